The van der Waals surface area contributed by atoms with Gasteiger partial charge in [0, 0.05) is 18.3 Å². The molecule has 4 rings (SSSR count). The molecule has 0 fully saturated rings. The Morgan fingerprint density at radius 3 is 2.23 bits per heavy atom. The van der Waals surface area contributed by atoms with Crippen molar-refractivity contribution >= 4 is 46.1 Å². The number of nitrogens with one attached hydrogen (secondary N) is 3. The fourth-order valence-electron chi connectivity index (χ4n) is 3.60. The van der Waals surface area contributed by atoms with Crippen molar-refractivity contribution in [2.24, 2.45) is 0 Å². The van der Waals surface area contributed by atoms with Gasteiger partial charge in [0.2, 0.25) is 11.8 Å². The Balaban J connectivity index is 1.52. The van der Waals surface area contributed by atoms with Gasteiger partial charge in [-0.25, -0.2) is 0 Å². The number of thiophene rings is 1. The maximum Gasteiger partial charge on any atom is 0.255 e. The van der Waals surface area contributed by atoms with Crippen LogP contribution in [0.1, 0.15) is 21.8 Å². The van der Waals surface area contributed by atoms with E-state index in [1.807, 2.05) is 35.0 Å². The molecule has 8 heteroatoms. The first-order valence-corrected chi connectivity index (χ1v) is 11.8. The number of hydrogen-bond acceptors (Lipinski definition) is 5. The predicted molar refractivity (Wildman–Crippen MR) is 140 cm³/mol. The smallest absolute Gasteiger partial charge is 0.255 e. The summed E-state index contributed by atoms with van der Waals surface area (Å²) in [5.41, 5.74) is 10.5. The van der Waals surface area contributed by atoms with Crippen LogP contribution >= 0.6 is 11.3 Å². The molecule has 1 heterocycles. The summed E-state index contributed by atoms with van der Waals surface area (Å²) in [6.07, 6.45) is 0. The number of anilines is 3. The molecule has 5 N–H and O–H groups in total. The Morgan fingerprint density at radius 1 is 0.829 bits per heavy atom. The van der Waals surface area contributed by atoms with Gasteiger partial charge in [0.15, 0.2) is 0 Å². The molecule has 3 aromatic carbocycles. The van der Waals surface area contributed by atoms with Crippen LogP contribution in [0.25, 0.3) is 11.1 Å². The minimum absolute atomic E-state index is 0.351. The minimum Gasteiger partial charge on any atom is -0.397 e. The number of nitrogen functional groups attached to an aromatic ring is 1. The summed E-state index contributed by atoms with van der Waals surface area (Å²) in [4.78, 5) is 38.3. The van der Waals surface area contributed by atoms with E-state index in [0.29, 0.717) is 28.2 Å². The van der Waals surface area contributed by atoms with Crippen molar-refractivity contribution in [2.45, 2.75) is 5.92 Å². The quantitative estimate of drug-likeness (QED) is 0.225. The first kappa shape index (κ1) is 23.7. The van der Waals surface area contributed by atoms with E-state index in [1.165, 1.54) is 7.05 Å². The zero-order chi connectivity index (χ0) is 24.8. The van der Waals surface area contributed by atoms with Crippen molar-refractivity contribution in [1.82, 2.24) is 5.32 Å². The average Bonchev–Trinajstić information content (AvgIpc) is 3.41. The van der Waals surface area contributed by atoms with Crippen LogP contribution in [0.3, 0.4) is 0 Å². The maximum atomic E-state index is 12.9. The Kier molecular flexibility index (Phi) is 7.23. The molecule has 35 heavy (non-hydrogen) atoms. The monoisotopic (exact) mass is 484 g/mol. The SMILES string of the molecule is CNC(=O)C(C(=O)Nc1ccccc1)c1ccc(C(=O)Nc2cc(-c3ccsc3)ccc2N)cc1. The van der Waals surface area contributed by atoms with Gasteiger partial charge in [-0.2, -0.15) is 11.3 Å². The molecule has 0 aliphatic carbocycles. The van der Waals surface area contributed by atoms with Crippen LogP contribution in [0.5, 0.6) is 0 Å². The van der Waals surface area contributed by atoms with Gasteiger partial charge >= 0.3 is 0 Å². The number of amides is 3. The van der Waals surface area contributed by atoms with Crippen LogP contribution in [0.2, 0.25) is 0 Å². The van der Waals surface area contributed by atoms with Crippen molar-refractivity contribution in [1.29, 1.82) is 0 Å². The highest BCUT2D eigenvalue weighted by Gasteiger charge is 2.28. The molecule has 0 aliphatic heterocycles. The molecular weight excluding hydrogens is 460 g/mol. The molecule has 7 nitrogen and oxygen atoms in total. The largest absolute Gasteiger partial charge is 0.397 e. The highest BCUT2D eigenvalue weighted by molar-refractivity contribution is 7.08. The van der Waals surface area contributed by atoms with Gasteiger partial charge < -0.3 is 21.7 Å². The van der Waals surface area contributed by atoms with Crippen molar-refractivity contribution in [3.8, 4) is 11.1 Å². The number of hydrogen-bond donors (Lipinski definition) is 4. The third-order valence-corrected chi connectivity index (χ3v) is 6.16. The third kappa shape index (κ3) is 5.56. The van der Waals surface area contributed by atoms with Gasteiger partial charge in [-0.3, -0.25) is 14.4 Å². The molecule has 0 saturated heterocycles. The Labute approximate surface area is 207 Å². The van der Waals surface area contributed by atoms with Crippen molar-refractivity contribution in [3.05, 3.63) is 101 Å². The van der Waals surface area contributed by atoms with Crippen LogP contribution in [0, 0.1) is 0 Å². The van der Waals surface area contributed by atoms with Gasteiger partial charge in [-0.1, -0.05) is 36.4 Å². The molecule has 176 valence electrons. The number of likely N-dealkylation sites (N-methyl/N-ethyl adjacent to an activating group) is 1. The highest BCUT2D eigenvalue weighted by Crippen LogP contribution is 2.29. The lowest BCUT2D eigenvalue weighted by Crippen LogP contribution is -2.34. The van der Waals surface area contributed by atoms with Gasteiger partial charge in [0.05, 0.1) is 11.4 Å². The summed E-state index contributed by atoms with van der Waals surface area (Å²) in [6.45, 7) is 0. The van der Waals surface area contributed by atoms with E-state index in [1.54, 1.807) is 65.9 Å². The van der Waals surface area contributed by atoms with Gasteiger partial charge in [0.1, 0.15) is 5.92 Å². The van der Waals surface area contributed by atoms with E-state index in [-0.39, 0.29) is 5.91 Å². The second-order valence-corrected chi connectivity index (χ2v) is 8.57. The van der Waals surface area contributed by atoms with Crippen molar-refractivity contribution < 1.29 is 14.4 Å². The summed E-state index contributed by atoms with van der Waals surface area (Å²) < 4.78 is 0. The van der Waals surface area contributed by atoms with E-state index in [9.17, 15) is 14.4 Å². The molecule has 3 amide bonds. The van der Waals surface area contributed by atoms with Crippen LogP contribution in [-0.4, -0.2) is 24.8 Å². The van der Waals surface area contributed by atoms with E-state index >= 15 is 0 Å². The predicted octanol–water partition coefficient (Wildman–Crippen LogP) is 4.72. The number of para-hydroxylation sites is 1. The molecule has 0 aliphatic rings. The number of carbonyl (C=O) groups excluding carboxylic acids is 3. The standard InChI is InChI=1S/C27H24N4O3S/c1-29-26(33)24(27(34)30-21-5-3-2-4-6-21)17-7-9-18(10-8-17)25(32)31-23-15-19(11-12-22(23)28)20-13-14-35-16-20/h2-16,24H,28H2,1H3,(H,29,33)(H,30,34)(H,31,32). The topological polar surface area (TPSA) is 113 Å². The fourth-order valence-corrected chi connectivity index (χ4v) is 4.26. The first-order chi connectivity index (χ1) is 17.0. The molecule has 0 spiro atoms. The summed E-state index contributed by atoms with van der Waals surface area (Å²) in [5.74, 6) is -2.34. The fraction of sp³-hybridized carbons (Fsp3) is 0.0741. The summed E-state index contributed by atoms with van der Waals surface area (Å²) in [7, 11) is 1.47. The third-order valence-electron chi connectivity index (χ3n) is 5.47. The first-order valence-electron chi connectivity index (χ1n) is 10.9. The van der Waals surface area contributed by atoms with Crippen LogP contribution in [0.15, 0.2) is 89.6 Å². The normalized spacial score (nSPS) is 11.3. The molecule has 1 unspecified atom stereocenters. The number of nitrogens with two attached hydrogens (primary N) is 1. The zero-order valence-electron chi connectivity index (χ0n) is 18.9. The molecule has 0 saturated carbocycles. The molecule has 1 atom stereocenters. The number of rotatable bonds is 7. The second-order valence-electron chi connectivity index (χ2n) is 7.79. The van der Waals surface area contributed by atoms with Crippen LogP contribution < -0.4 is 21.7 Å². The number of benzene rings is 3. The lowest BCUT2D eigenvalue weighted by molar-refractivity contribution is -0.128. The van der Waals surface area contributed by atoms with Crippen molar-refractivity contribution in [3.63, 3.8) is 0 Å². The van der Waals surface area contributed by atoms with Gasteiger partial charge in [-0.15, -0.1) is 0 Å². The maximum absolute atomic E-state index is 12.9. The van der Waals surface area contributed by atoms with E-state index in [0.717, 1.165) is 11.1 Å². The molecule has 0 bridgehead atoms. The molecular formula is C27H24N4O3S. The Morgan fingerprint density at radius 2 is 1.57 bits per heavy atom. The zero-order valence-corrected chi connectivity index (χ0v) is 19.8. The van der Waals surface area contributed by atoms with Crippen LogP contribution in [0.4, 0.5) is 17.1 Å². The second kappa shape index (κ2) is 10.7. The van der Waals surface area contributed by atoms with E-state index < -0.39 is 17.7 Å². The molecule has 1 aromatic heterocycles. The van der Waals surface area contributed by atoms with E-state index in [4.69, 9.17) is 5.73 Å². The van der Waals surface area contributed by atoms with Crippen LogP contribution in [-0.2, 0) is 9.59 Å². The minimum atomic E-state index is -1.07. The highest BCUT2D eigenvalue weighted by atomic mass is 32.1. The average molecular weight is 485 g/mol. The number of carbonyl (C=O) groups is 3. The Hall–Kier alpha value is -4.43. The van der Waals surface area contributed by atoms with Gasteiger partial charge in [0.25, 0.3) is 5.91 Å². The molecule has 4 aromatic rings. The van der Waals surface area contributed by atoms with E-state index in [2.05, 4.69) is 16.0 Å². The summed E-state index contributed by atoms with van der Waals surface area (Å²) in [6, 6.07) is 22.8. The summed E-state index contributed by atoms with van der Waals surface area (Å²) >= 11 is 1.59. The molecule has 0 radical (unpaired) electrons. The van der Waals surface area contributed by atoms with Gasteiger partial charge in [-0.05, 0) is 69.9 Å². The lowest BCUT2D eigenvalue weighted by atomic mass is 9.95. The Bertz CT molecular complexity index is 1340. The summed E-state index contributed by atoms with van der Waals surface area (Å²) in [5, 5.41) is 12.1. The van der Waals surface area contributed by atoms with Crippen molar-refractivity contribution in [2.75, 3.05) is 23.4 Å². The lowest BCUT2D eigenvalue weighted by Gasteiger charge is -2.16.